The van der Waals surface area contributed by atoms with Crippen LogP contribution in [0.15, 0.2) is 28.1 Å². The van der Waals surface area contributed by atoms with E-state index in [0.29, 0.717) is 0 Å². The molecule has 15 heavy (non-hydrogen) atoms. The first-order chi connectivity index (χ1) is 7.33. The Bertz CT molecular complexity index is 545. The monoisotopic (exact) mass is 252 g/mol. The predicted molar refractivity (Wildman–Crippen MR) is 70.7 cm³/mol. The van der Waals surface area contributed by atoms with E-state index in [9.17, 15) is 0 Å². The maximum Gasteiger partial charge on any atom is 0.149 e. The summed E-state index contributed by atoms with van der Waals surface area (Å²) < 4.78 is 1.19. The number of thioether (sulfide) groups is 1. The van der Waals surface area contributed by atoms with Gasteiger partial charge in [0, 0.05) is 17.2 Å². The van der Waals surface area contributed by atoms with E-state index >= 15 is 0 Å². The molecule has 0 radical (unpaired) electrons. The predicted octanol–water partition coefficient (Wildman–Crippen LogP) is 3.08. The maximum absolute atomic E-state index is 4.57. The summed E-state index contributed by atoms with van der Waals surface area (Å²) in [6.45, 7) is 0.924. The Hall–Kier alpha value is -0.520. The minimum Gasteiger partial charge on any atom is -0.274 e. The van der Waals surface area contributed by atoms with Gasteiger partial charge in [-0.3, -0.25) is 4.99 Å². The van der Waals surface area contributed by atoms with Crippen LogP contribution < -0.4 is 0 Å². The molecular formula is C10H8N2S3. The van der Waals surface area contributed by atoms with Gasteiger partial charge < -0.3 is 0 Å². The summed E-state index contributed by atoms with van der Waals surface area (Å²) in [5.41, 5.74) is 1.04. The van der Waals surface area contributed by atoms with Crippen molar-refractivity contribution < 1.29 is 0 Å². The third-order valence-electron chi connectivity index (χ3n) is 2.14. The van der Waals surface area contributed by atoms with Gasteiger partial charge in [-0.2, -0.15) is 0 Å². The number of fused-ring (bicyclic) bond motifs is 1. The normalized spacial score (nSPS) is 15.9. The number of thiol groups is 1. The van der Waals surface area contributed by atoms with E-state index in [4.69, 9.17) is 0 Å². The SMILES string of the molecule is Sc1ccc2nc(C3=NCCS3)sc2c1. The van der Waals surface area contributed by atoms with E-state index in [1.165, 1.54) is 4.70 Å². The lowest BCUT2D eigenvalue weighted by Gasteiger charge is -1.89. The van der Waals surface area contributed by atoms with Crippen LogP contribution in [0.1, 0.15) is 5.01 Å². The molecule has 2 heterocycles. The molecule has 0 unspecified atom stereocenters. The topological polar surface area (TPSA) is 25.2 Å². The molecule has 2 aromatic rings. The minimum atomic E-state index is 0.924. The number of hydrogen-bond donors (Lipinski definition) is 1. The van der Waals surface area contributed by atoms with Gasteiger partial charge >= 0.3 is 0 Å². The fourth-order valence-corrected chi connectivity index (χ4v) is 3.70. The highest BCUT2D eigenvalue weighted by Gasteiger charge is 2.14. The third-order valence-corrected chi connectivity index (χ3v) is 4.56. The quantitative estimate of drug-likeness (QED) is 0.789. The van der Waals surface area contributed by atoms with Crippen molar-refractivity contribution in [3.8, 4) is 0 Å². The first-order valence-corrected chi connectivity index (χ1v) is 6.85. The Morgan fingerprint density at radius 1 is 1.33 bits per heavy atom. The van der Waals surface area contributed by atoms with E-state index in [-0.39, 0.29) is 0 Å². The highest BCUT2D eigenvalue weighted by molar-refractivity contribution is 8.15. The van der Waals surface area contributed by atoms with Crippen molar-refractivity contribution >= 4 is 51.0 Å². The van der Waals surface area contributed by atoms with Crippen LogP contribution in [0.3, 0.4) is 0 Å². The molecule has 0 spiro atoms. The summed E-state index contributed by atoms with van der Waals surface area (Å²) in [4.78, 5) is 9.99. The molecule has 5 heteroatoms. The largest absolute Gasteiger partial charge is 0.274 e. The van der Waals surface area contributed by atoms with E-state index in [0.717, 1.165) is 32.8 Å². The van der Waals surface area contributed by atoms with Crippen LogP contribution in [0.4, 0.5) is 0 Å². The molecular weight excluding hydrogens is 244 g/mol. The molecule has 0 fully saturated rings. The fraction of sp³-hybridized carbons (Fsp3) is 0.200. The molecule has 1 aliphatic heterocycles. The van der Waals surface area contributed by atoms with Crippen LogP contribution in [-0.2, 0) is 0 Å². The minimum absolute atomic E-state index is 0.924. The van der Waals surface area contributed by atoms with Gasteiger partial charge in [0.1, 0.15) is 10.1 Å². The molecule has 1 aliphatic rings. The van der Waals surface area contributed by atoms with E-state index in [1.54, 1.807) is 23.1 Å². The van der Waals surface area contributed by atoms with E-state index in [1.807, 2.05) is 12.1 Å². The zero-order valence-corrected chi connectivity index (χ0v) is 10.3. The van der Waals surface area contributed by atoms with Crippen molar-refractivity contribution in [2.75, 3.05) is 12.3 Å². The molecule has 2 nitrogen and oxygen atoms in total. The number of benzene rings is 1. The molecule has 0 saturated heterocycles. The molecule has 0 aliphatic carbocycles. The van der Waals surface area contributed by atoms with Crippen molar-refractivity contribution in [3.63, 3.8) is 0 Å². The molecule has 0 bridgehead atoms. The zero-order chi connectivity index (χ0) is 10.3. The molecule has 3 rings (SSSR count). The summed E-state index contributed by atoms with van der Waals surface area (Å²) >= 11 is 7.81. The van der Waals surface area contributed by atoms with Crippen LogP contribution in [0.2, 0.25) is 0 Å². The molecule has 0 saturated carbocycles. The standard InChI is InChI=1S/C10H8N2S3/c13-6-1-2-7-8(5-6)15-10(12-7)9-11-3-4-14-9/h1-2,5,13H,3-4H2. The fourth-order valence-electron chi connectivity index (χ4n) is 1.47. The lowest BCUT2D eigenvalue weighted by atomic mass is 10.3. The highest BCUT2D eigenvalue weighted by Crippen LogP contribution is 2.28. The Kier molecular flexibility index (Phi) is 2.46. The lowest BCUT2D eigenvalue weighted by Crippen LogP contribution is -1.88. The summed E-state index contributed by atoms with van der Waals surface area (Å²) in [5.74, 6) is 1.09. The van der Waals surface area contributed by atoms with Gasteiger partial charge in [-0.15, -0.1) is 35.7 Å². The van der Waals surface area contributed by atoms with Gasteiger partial charge in [0.15, 0.2) is 0 Å². The van der Waals surface area contributed by atoms with Crippen molar-refractivity contribution in [1.29, 1.82) is 0 Å². The van der Waals surface area contributed by atoms with Crippen molar-refractivity contribution in [2.24, 2.45) is 4.99 Å². The smallest absolute Gasteiger partial charge is 0.149 e. The molecule has 1 aromatic heterocycles. The summed E-state index contributed by atoms with van der Waals surface area (Å²) in [5, 5.41) is 2.14. The number of hydrogen-bond acceptors (Lipinski definition) is 5. The number of aromatic nitrogens is 1. The zero-order valence-electron chi connectivity index (χ0n) is 7.80. The first-order valence-electron chi connectivity index (χ1n) is 4.60. The van der Waals surface area contributed by atoms with Crippen molar-refractivity contribution in [2.45, 2.75) is 4.90 Å². The highest BCUT2D eigenvalue weighted by atomic mass is 32.2. The number of rotatable bonds is 1. The van der Waals surface area contributed by atoms with Gasteiger partial charge in [0.05, 0.1) is 10.2 Å². The second-order valence-corrected chi connectivity index (χ2v) is 5.84. The molecule has 1 aromatic carbocycles. The van der Waals surface area contributed by atoms with Gasteiger partial charge in [-0.05, 0) is 18.2 Å². The maximum atomic E-state index is 4.57. The molecule has 0 atom stereocenters. The summed E-state index contributed by atoms with van der Waals surface area (Å²) in [6.07, 6.45) is 0. The van der Waals surface area contributed by atoms with E-state index < -0.39 is 0 Å². The van der Waals surface area contributed by atoms with Gasteiger partial charge in [-0.25, -0.2) is 4.98 Å². The summed E-state index contributed by atoms with van der Waals surface area (Å²) in [6, 6.07) is 6.04. The van der Waals surface area contributed by atoms with Crippen molar-refractivity contribution in [1.82, 2.24) is 4.98 Å². The van der Waals surface area contributed by atoms with Gasteiger partial charge in [0.2, 0.25) is 0 Å². The Morgan fingerprint density at radius 3 is 3.07 bits per heavy atom. The summed E-state index contributed by atoms with van der Waals surface area (Å²) in [7, 11) is 0. The van der Waals surface area contributed by atoms with Crippen LogP contribution in [0.5, 0.6) is 0 Å². The third kappa shape index (κ3) is 1.79. The molecule has 0 N–H and O–H groups in total. The average molecular weight is 252 g/mol. The number of thiazole rings is 1. The lowest BCUT2D eigenvalue weighted by molar-refractivity contribution is 1.17. The van der Waals surface area contributed by atoms with Crippen LogP contribution >= 0.6 is 35.7 Å². The number of nitrogens with zero attached hydrogens (tertiary/aromatic N) is 2. The second-order valence-electron chi connectivity index (χ2n) is 3.21. The Balaban J connectivity index is 2.13. The molecule has 0 amide bonds. The van der Waals surface area contributed by atoms with Crippen molar-refractivity contribution in [3.05, 3.63) is 23.2 Å². The average Bonchev–Trinajstić information content (AvgIpc) is 2.84. The Labute approximate surface area is 101 Å². The van der Waals surface area contributed by atoms with E-state index in [2.05, 4.69) is 28.7 Å². The number of aliphatic imine (C=N–C) groups is 1. The van der Waals surface area contributed by atoms with Gasteiger partial charge in [-0.1, -0.05) is 0 Å². The van der Waals surface area contributed by atoms with Crippen LogP contribution in [0.25, 0.3) is 10.2 Å². The van der Waals surface area contributed by atoms with Crippen LogP contribution in [-0.4, -0.2) is 22.3 Å². The van der Waals surface area contributed by atoms with Crippen LogP contribution in [0, 0.1) is 0 Å². The second kappa shape index (κ2) is 3.81. The Morgan fingerprint density at radius 2 is 2.27 bits per heavy atom. The molecule has 76 valence electrons. The van der Waals surface area contributed by atoms with Gasteiger partial charge in [0.25, 0.3) is 0 Å². The first kappa shape index (κ1) is 9.69.